The van der Waals surface area contributed by atoms with Gasteiger partial charge in [0.1, 0.15) is 12.2 Å². The van der Waals surface area contributed by atoms with Crippen molar-refractivity contribution < 1.29 is 28.8 Å². The van der Waals surface area contributed by atoms with E-state index in [1.54, 1.807) is 45.0 Å². The first-order valence-electron chi connectivity index (χ1n) is 7.97. The van der Waals surface area contributed by atoms with Crippen LogP contribution in [0.1, 0.15) is 20.8 Å². The van der Waals surface area contributed by atoms with Crippen LogP contribution in [0.5, 0.6) is 5.75 Å². The molecule has 0 amide bonds. The number of methoxy groups -OCH3 is 1. The van der Waals surface area contributed by atoms with Crippen LogP contribution in [0.25, 0.3) is 11.0 Å². The zero-order valence-electron chi connectivity index (χ0n) is 14.8. The fourth-order valence-electron chi connectivity index (χ4n) is 2.86. The molecule has 0 saturated carbocycles. The van der Waals surface area contributed by atoms with E-state index in [4.69, 9.17) is 23.7 Å². The van der Waals surface area contributed by atoms with E-state index in [0.717, 1.165) is 5.39 Å². The van der Waals surface area contributed by atoms with Crippen molar-refractivity contribution >= 4 is 11.0 Å². The highest BCUT2D eigenvalue weighted by Gasteiger charge is 2.37. The standard InChI is InChI=1S/C18H24O7/c1-11(25-18(2,3)17(22-4)13(20)10-19)23-14-7-5-6-12-8-9-15(21)24-16(12)14/h5-9,11,13,17,19-20H,10H2,1-4H3/t11-,13?,17?/m1/s1. The van der Waals surface area contributed by atoms with Gasteiger partial charge in [-0.1, -0.05) is 12.1 Å². The van der Waals surface area contributed by atoms with Crippen LogP contribution in [0.4, 0.5) is 0 Å². The third-order valence-electron chi connectivity index (χ3n) is 3.85. The third-order valence-corrected chi connectivity index (χ3v) is 3.85. The number of fused-ring (bicyclic) bond motifs is 1. The molecular formula is C18H24O7. The number of aliphatic hydroxyl groups excluding tert-OH is 2. The lowest BCUT2D eigenvalue weighted by molar-refractivity contribution is -0.215. The van der Waals surface area contributed by atoms with Crippen molar-refractivity contribution in [3.63, 3.8) is 0 Å². The minimum absolute atomic E-state index is 0.335. The van der Waals surface area contributed by atoms with Crippen LogP contribution in [0.3, 0.4) is 0 Å². The van der Waals surface area contributed by atoms with Gasteiger partial charge in [-0.25, -0.2) is 4.79 Å². The zero-order valence-corrected chi connectivity index (χ0v) is 14.8. The van der Waals surface area contributed by atoms with Crippen molar-refractivity contribution in [1.82, 2.24) is 0 Å². The van der Waals surface area contributed by atoms with Crippen molar-refractivity contribution in [2.24, 2.45) is 0 Å². The van der Waals surface area contributed by atoms with E-state index in [1.807, 2.05) is 0 Å². The first-order chi connectivity index (χ1) is 11.8. The third kappa shape index (κ3) is 4.58. The van der Waals surface area contributed by atoms with Crippen LogP contribution in [-0.4, -0.2) is 48.0 Å². The van der Waals surface area contributed by atoms with Gasteiger partial charge >= 0.3 is 5.63 Å². The van der Waals surface area contributed by atoms with Crippen molar-refractivity contribution in [2.75, 3.05) is 13.7 Å². The van der Waals surface area contributed by atoms with E-state index in [0.29, 0.717) is 11.3 Å². The lowest BCUT2D eigenvalue weighted by Crippen LogP contribution is -2.51. The molecule has 0 aliphatic rings. The molecule has 0 fully saturated rings. The predicted molar refractivity (Wildman–Crippen MR) is 91.6 cm³/mol. The second-order valence-electron chi connectivity index (χ2n) is 6.24. The summed E-state index contributed by atoms with van der Waals surface area (Å²) in [4.78, 5) is 11.5. The van der Waals surface area contributed by atoms with E-state index in [2.05, 4.69) is 0 Å². The van der Waals surface area contributed by atoms with Gasteiger partial charge in [-0.3, -0.25) is 0 Å². The molecule has 2 N–H and O–H groups in total. The van der Waals surface area contributed by atoms with Gasteiger partial charge in [-0.05, 0) is 32.9 Å². The summed E-state index contributed by atoms with van der Waals surface area (Å²) in [6.07, 6.45) is -2.58. The van der Waals surface area contributed by atoms with E-state index < -0.39 is 36.3 Å². The topological polar surface area (TPSA) is 98.4 Å². The second-order valence-corrected chi connectivity index (χ2v) is 6.24. The number of para-hydroxylation sites is 1. The Bertz CT molecular complexity index is 752. The molecule has 1 heterocycles. The average molecular weight is 352 g/mol. The van der Waals surface area contributed by atoms with Gasteiger partial charge < -0.3 is 28.8 Å². The van der Waals surface area contributed by atoms with E-state index >= 15 is 0 Å². The minimum Gasteiger partial charge on any atom is -0.461 e. The summed E-state index contributed by atoms with van der Waals surface area (Å²) in [5.41, 5.74) is -1.08. The Morgan fingerprint density at radius 2 is 1.96 bits per heavy atom. The number of hydrogen-bond acceptors (Lipinski definition) is 7. The first-order valence-corrected chi connectivity index (χ1v) is 7.97. The quantitative estimate of drug-likeness (QED) is 0.551. The fraction of sp³-hybridized carbons (Fsp3) is 0.500. The van der Waals surface area contributed by atoms with Crippen LogP contribution in [-0.2, 0) is 9.47 Å². The highest BCUT2D eigenvalue weighted by molar-refractivity contribution is 5.82. The summed E-state index contributed by atoms with van der Waals surface area (Å²) >= 11 is 0. The summed E-state index contributed by atoms with van der Waals surface area (Å²) in [7, 11) is 1.43. The lowest BCUT2D eigenvalue weighted by Gasteiger charge is -2.37. The molecule has 0 aliphatic carbocycles. The molecule has 0 aliphatic heterocycles. The van der Waals surface area contributed by atoms with E-state index in [1.165, 1.54) is 13.2 Å². The summed E-state index contributed by atoms with van der Waals surface area (Å²) in [6, 6.07) is 8.26. The summed E-state index contributed by atoms with van der Waals surface area (Å²) < 4.78 is 22.1. The molecule has 2 rings (SSSR count). The van der Waals surface area contributed by atoms with E-state index in [-0.39, 0.29) is 0 Å². The van der Waals surface area contributed by atoms with Gasteiger partial charge in [0.25, 0.3) is 0 Å². The molecule has 1 aromatic carbocycles. The zero-order chi connectivity index (χ0) is 18.6. The predicted octanol–water partition coefficient (Wildman–Crippen LogP) is 1.68. The van der Waals surface area contributed by atoms with Gasteiger partial charge in [-0.15, -0.1) is 0 Å². The number of benzene rings is 1. The number of ether oxygens (including phenoxy) is 3. The Hall–Kier alpha value is -1.93. The maximum atomic E-state index is 11.5. The van der Waals surface area contributed by atoms with Crippen molar-refractivity contribution in [3.8, 4) is 5.75 Å². The Labute approximate surface area is 145 Å². The SMILES string of the molecule is COC(C(O)CO)C(C)(C)O[C@H](C)Oc1cccc2ccc(=O)oc12. The van der Waals surface area contributed by atoms with Crippen LogP contribution in [0.15, 0.2) is 39.5 Å². The Morgan fingerprint density at radius 3 is 2.60 bits per heavy atom. The van der Waals surface area contributed by atoms with Crippen LogP contribution < -0.4 is 10.4 Å². The summed E-state index contributed by atoms with van der Waals surface area (Å²) in [5, 5.41) is 19.8. The van der Waals surface area contributed by atoms with E-state index in [9.17, 15) is 9.90 Å². The largest absolute Gasteiger partial charge is 0.461 e. The number of rotatable bonds is 8. The maximum absolute atomic E-state index is 11.5. The van der Waals surface area contributed by atoms with Gasteiger partial charge in [0.05, 0.1) is 12.2 Å². The second kappa shape index (κ2) is 7.97. The van der Waals surface area contributed by atoms with Crippen LogP contribution in [0, 0.1) is 0 Å². The highest BCUT2D eigenvalue weighted by Crippen LogP contribution is 2.28. The first kappa shape index (κ1) is 19.4. The monoisotopic (exact) mass is 352 g/mol. The molecule has 2 unspecified atom stereocenters. The molecule has 7 nitrogen and oxygen atoms in total. The molecule has 0 radical (unpaired) electrons. The molecule has 0 spiro atoms. The Balaban J connectivity index is 2.18. The number of aliphatic hydroxyl groups is 2. The van der Waals surface area contributed by atoms with Crippen LogP contribution >= 0.6 is 0 Å². The molecular weight excluding hydrogens is 328 g/mol. The molecule has 1 aromatic heterocycles. The lowest BCUT2D eigenvalue weighted by atomic mass is 9.96. The molecule has 3 atom stereocenters. The van der Waals surface area contributed by atoms with Crippen molar-refractivity contribution in [1.29, 1.82) is 0 Å². The maximum Gasteiger partial charge on any atom is 0.336 e. The number of hydrogen-bond donors (Lipinski definition) is 2. The summed E-state index contributed by atoms with van der Waals surface area (Å²) in [6.45, 7) is 4.68. The smallest absolute Gasteiger partial charge is 0.336 e. The molecule has 138 valence electrons. The van der Waals surface area contributed by atoms with Gasteiger partial charge in [0.15, 0.2) is 17.6 Å². The fourth-order valence-corrected chi connectivity index (χ4v) is 2.86. The van der Waals surface area contributed by atoms with Crippen molar-refractivity contribution in [2.45, 2.75) is 44.9 Å². The normalized spacial score (nSPS) is 15.8. The Kier molecular flexibility index (Phi) is 6.18. The van der Waals surface area contributed by atoms with Crippen molar-refractivity contribution in [3.05, 3.63) is 40.8 Å². The molecule has 0 bridgehead atoms. The summed E-state index contributed by atoms with van der Waals surface area (Å²) in [5.74, 6) is 0.371. The molecule has 25 heavy (non-hydrogen) atoms. The van der Waals surface area contributed by atoms with Gasteiger partial charge in [0, 0.05) is 18.6 Å². The highest BCUT2D eigenvalue weighted by atomic mass is 16.7. The average Bonchev–Trinajstić information content (AvgIpc) is 2.55. The molecule has 7 heteroatoms. The van der Waals surface area contributed by atoms with Gasteiger partial charge in [-0.2, -0.15) is 0 Å². The Morgan fingerprint density at radius 1 is 1.24 bits per heavy atom. The molecule has 2 aromatic rings. The van der Waals surface area contributed by atoms with Gasteiger partial charge in [0.2, 0.25) is 0 Å². The van der Waals surface area contributed by atoms with Crippen LogP contribution in [0.2, 0.25) is 0 Å². The minimum atomic E-state index is -1.09. The molecule has 0 saturated heterocycles.